The average molecular weight is 296 g/mol. The summed E-state index contributed by atoms with van der Waals surface area (Å²) in [4.78, 5) is 13.5. The molecular weight excluding hydrogens is 282 g/mol. The number of halogens is 1. The van der Waals surface area contributed by atoms with Crippen molar-refractivity contribution < 1.29 is 9.90 Å². The second kappa shape index (κ2) is 4.02. The van der Waals surface area contributed by atoms with Gasteiger partial charge in [0, 0.05) is 17.1 Å². The van der Waals surface area contributed by atoms with Crippen LogP contribution in [0, 0.1) is 5.92 Å². The maximum absolute atomic E-state index is 11.3. The van der Waals surface area contributed by atoms with Crippen molar-refractivity contribution in [3.63, 3.8) is 0 Å². The summed E-state index contributed by atoms with van der Waals surface area (Å²) in [5, 5.41) is 9.25. The summed E-state index contributed by atoms with van der Waals surface area (Å²) in [6.07, 6.45) is 3.74. The highest BCUT2D eigenvalue weighted by Crippen LogP contribution is 2.41. The Bertz CT molecular complexity index is 474. The second-order valence-corrected chi connectivity index (χ2v) is 5.87. The number of fused-ring (bicyclic) bond motifs is 2. The van der Waals surface area contributed by atoms with E-state index < -0.39 is 5.97 Å². The zero-order valence-corrected chi connectivity index (χ0v) is 11.0. The van der Waals surface area contributed by atoms with E-state index in [-0.39, 0.29) is 0 Å². The van der Waals surface area contributed by atoms with Crippen molar-refractivity contribution in [2.24, 2.45) is 5.92 Å². The average Bonchev–Trinajstić information content (AvgIpc) is 2.90. The minimum absolute atomic E-state index is 0.417. The quantitative estimate of drug-likeness (QED) is 0.911. The number of carbonyl (C=O) groups is 1. The van der Waals surface area contributed by atoms with Crippen LogP contribution in [0.25, 0.3) is 0 Å². The molecule has 1 saturated carbocycles. The Morgan fingerprint density at radius 1 is 1.41 bits per heavy atom. The van der Waals surface area contributed by atoms with Crippen LogP contribution >= 0.6 is 15.9 Å². The Hall–Kier alpha value is -1.03. The maximum atomic E-state index is 11.3. The van der Waals surface area contributed by atoms with Crippen molar-refractivity contribution in [2.45, 2.75) is 25.3 Å². The minimum atomic E-state index is -0.838. The summed E-state index contributed by atoms with van der Waals surface area (Å²) in [5.74, 6) is -0.0732. The smallest absolute Gasteiger partial charge is 0.337 e. The number of benzene rings is 1. The van der Waals surface area contributed by atoms with E-state index in [2.05, 4.69) is 20.8 Å². The number of piperidine rings is 1. The predicted molar refractivity (Wildman–Crippen MR) is 69.6 cm³/mol. The molecule has 1 aromatic rings. The molecule has 4 heteroatoms. The van der Waals surface area contributed by atoms with Gasteiger partial charge in [-0.15, -0.1) is 0 Å². The first-order chi connectivity index (χ1) is 8.15. The molecule has 0 spiro atoms. The van der Waals surface area contributed by atoms with Crippen LogP contribution in [0.4, 0.5) is 5.69 Å². The highest BCUT2D eigenvalue weighted by atomic mass is 79.9. The van der Waals surface area contributed by atoms with Crippen molar-refractivity contribution in [3.8, 4) is 0 Å². The highest BCUT2D eigenvalue weighted by Gasteiger charge is 2.39. The fourth-order valence-corrected chi connectivity index (χ4v) is 3.49. The molecule has 1 aliphatic heterocycles. The largest absolute Gasteiger partial charge is 0.478 e. The molecule has 2 atom stereocenters. The van der Waals surface area contributed by atoms with E-state index in [0.29, 0.717) is 11.6 Å². The number of carboxylic acid groups (broad SMARTS) is 1. The molecular formula is C13H14BrNO2. The van der Waals surface area contributed by atoms with E-state index in [1.54, 1.807) is 12.1 Å². The third-order valence-electron chi connectivity index (χ3n) is 3.91. The first-order valence-corrected chi connectivity index (χ1v) is 6.74. The summed E-state index contributed by atoms with van der Waals surface area (Å²) < 4.78 is 0.945. The Balaban J connectivity index is 2.01. The normalized spacial score (nSPS) is 26.5. The molecule has 2 unspecified atom stereocenters. The van der Waals surface area contributed by atoms with Gasteiger partial charge in [-0.2, -0.15) is 0 Å². The van der Waals surface area contributed by atoms with E-state index in [0.717, 1.165) is 22.6 Å². The lowest BCUT2D eigenvalue weighted by Crippen LogP contribution is -2.33. The third kappa shape index (κ3) is 1.84. The molecule has 0 radical (unpaired) electrons. The Morgan fingerprint density at radius 3 is 2.82 bits per heavy atom. The zero-order chi connectivity index (χ0) is 12.0. The van der Waals surface area contributed by atoms with Gasteiger partial charge in [0.2, 0.25) is 0 Å². The van der Waals surface area contributed by atoms with Crippen LogP contribution in [0.2, 0.25) is 0 Å². The molecule has 1 aromatic carbocycles. The van der Waals surface area contributed by atoms with E-state index in [9.17, 15) is 9.90 Å². The van der Waals surface area contributed by atoms with Crippen molar-refractivity contribution in [2.75, 3.05) is 11.4 Å². The summed E-state index contributed by atoms with van der Waals surface area (Å²) in [6.45, 7) is 1.02. The van der Waals surface area contributed by atoms with Crippen LogP contribution in [-0.2, 0) is 0 Å². The van der Waals surface area contributed by atoms with Gasteiger partial charge in [0.25, 0.3) is 0 Å². The Kier molecular flexibility index (Phi) is 2.62. The summed E-state index contributed by atoms with van der Waals surface area (Å²) in [7, 11) is 0. The molecule has 1 N–H and O–H groups in total. The zero-order valence-electron chi connectivity index (χ0n) is 9.40. The van der Waals surface area contributed by atoms with E-state index in [4.69, 9.17) is 0 Å². The summed E-state index contributed by atoms with van der Waals surface area (Å²) >= 11 is 3.43. The summed E-state index contributed by atoms with van der Waals surface area (Å²) in [6, 6.07) is 5.96. The fraction of sp³-hybridized carbons (Fsp3) is 0.462. The van der Waals surface area contributed by atoms with Gasteiger partial charge in [-0.05, 0) is 43.4 Å². The molecule has 1 saturated heterocycles. The van der Waals surface area contributed by atoms with Gasteiger partial charge in [-0.3, -0.25) is 0 Å². The number of aromatic carboxylic acids is 1. The molecule has 90 valence electrons. The monoisotopic (exact) mass is 295 g/mol. The standard InChI is InChI=1S/C13H14BrNO2/c14-9-2-4-11(13(16)17)12(6-9)15-7-8-1-3-10(15)5-8/h2,4,6,8,10H,1,3,5,7H2,(H,16,17). The lowest BCUT2D eigenvalue weighted by atomic mass is 10.1. The Labute approximate surface area is 109 Å². The lowest BCUT2D eigenvalue weighted by Gasteiger charge is -2.30. The second-order valence-electron chi connectivity index (χ2n) is 4.95. The van der Waals surface area contributed by atoms with Gasteiger partial charge in [-0.25, -0.2) is 4.79 Å². The molecule has 0 amide bonds. The van der Waals surface area contributed by atoms with Crippen molar-refractivity contribution in [3.05, 3.63) is 28.2 Å². The SMILES string of the molecule is O=C(O)c1ccc(Br)cc1N1CC2CCC1C2. The van der Waals surface area contributed by atoms with Gasteiger partial charge < -0.3 is 10.0 Å². The fourth-order valence-electron chi connectivity index (χ4n) is 3.14. The predicted octanol–water partition coefficient (Wildman–Crippen LogP) is 3.14. The van der Waals surface area contributed by atoms with Crippen LogP contribution < -0.4 is 4.90 Å². The number of hydrogen-bond donors (Lipinski definition) is 1. The van der Waals surface area contributed by atoms with Crippen molar-refractivity contribution in [1.29, 1.82) is 0 Å². The highest BCUT2D eigenvalue weighted by molar-refractivity contribution is 9.10. The molecule has 2 bridgehead atoms. The van der Waals surface area contributed by atoms with Gasteiger partial charge in [0.15, 0.2) is 0 Å². The van der Waals surface area contributed by atoms with Gasteiger partial charge in [0.05, 0.1) is 11.3 Å². The molecule has 3 nitrogen and oxygen atoms in total. The van der Waals surface area contributed by atoms with E-state index in [1.165, 1.54) is 19.3 Å². The molecule has 3 rings (SSSR count). The van der Waals surface area contributed by atoms with E-state index >= 15 is 0 Å². The van der Waals surface area contributed by atoms with Crippen LogP contribution in [-0.4, -0.2) is 23.7 Å². The first kappa shape index (κ1) is 11.1. The van der Waals surface area contributed by atoms with Crippen molar-refractivity contribution >= 4 is 27.6 Å². The number of carboxylic acids is 1. The van der Waals surface area contributed by atoms with Crippen LogP contribution in [0.3, 0.4) is 0 Å². The van der Waals surface area contributed by atoms with Crippen molar-refractivity contribution in [1.82, 2.24) is 0 Å². The van der Waals surface area contributed by atoms with Gasteiger partial charge in [0.1, 0.15) is 0 Å². The lowest BCUT2D eigenvalue weighted by molar-refractivity contribution is 0.0697. The van der Waals surface area contributed by atoms with E-state index in [1.807, 2.05) is 6.07 Å². The molecule has 2 fully saturated rings. The third-order valence-corrected chi connectivity index (χ3v) is 4.40. The van der Waals surface area contributed by atoms with Crippen LogP contribution in [0.15, 0.2) is 22.7 Å². The molecule has 2 aliphatic rings. The van der Waals surface area contributed by atoms with Crippen LogP contribution in [0.5, 0.6) is 0 Å². The summed E-state index contributed by atoms with van der Waals surface area (Å²) in [5.41, 5.74) is 1.29. The maximum Gasteiger partial charge on any atom is 0.337 e. The Morgan fingerprint density at radius 2 is 2.24 bits per heavy atom. The number of anilines is 1. The minimum Gasteiger partial charge on any atom is -0.478 e. The molecule has 1 aliphatic carbocycles. The number of nitrogens with zero attached hydrogens (tertiary/aromatic N) is 1. The first-order valence-electron chi connectivity index (χ1n) is 5.94. The number of hydrogen-bond acceptors (Lipinski definition) is 2. The molecule has 1 heterocycles. The molecule has 0 aromatic heterocycles. The van der Waals surface area contributed by atoms with Gasteiger partial charge >= 0.3 is 5.97 Å². The molecule has 17 heavy (non-hydrogen) atoms. The van der Waals surface area contributed by atoms with Gasteiger partial charge in [-0.1, -0.05) is 15.9 Å². The van der Waals surface area contributed by atoms with Crippen LogP contribution in [0.1, 0.15) is 29.6 Å². The topological polar surface area (TPSA) is 40.5 Å². The number of rotatable bonds is 2.